The number of fused-ring (bicyclic) bond motifs is 1. The number of anilines is 1. The van der Waals surface area contributed by atoms with E-state index in [1.807, 2.05) is 0 Å². The van der Waals surface area contributed by atoms with Crippen LogP contribution in [0.15, 0.2) is 49.1 Å². The van der Waals surface area contributed by atoms with Crippen LogP contribution >= 0.6 is 0 Å². The standard InChI is InChI=1S/C20H15F2N5O/c1-23-20-16-5-12(11-3-14(21)7-15(22)4-11)6-17(28-2)18(16)26-19(27-20)13-8-24-10-25-9-13/h3-10H,1-2H3,(H,23,26,27). The van der Waals surface area contributed by atoms with Crippen LogP contribution in [-0.2, 0) is 0 Å². The van der Waals surface area contributed by atoms with Gasteiger partial charge in [-0.05, 0) is 35.4 Å². The minimum atomic E-state index is -0.654. The molecule has 2 aromatic heterocycles. The lowest BCUT2D eigenvalue weighted by atomic mass is 10.0. The van der Waals surface area contributed by atoms with Crippen LogP contribution in [0.2, 0.25) is 0 Å². The Morgan fingerprint density at radius 3 is 2.18 bits per heavy atom. The Bertz CT molecular complexity index is 1150. The molecule has 0 aliphatic rings. The van der Waals surface area contributed by atoms with Crippen molar-refractivity contribution in [1.82, 2.24) is 19.9 Å². The highest BCUT2D eigenvalue weighted by molar-refractivity contribution is 5.97. The maximum Gasteiger partial charge on any atom is 0.165 e. The van der Waals surface area contributed by atoms with Crippen molar-refractivity contribution in [1.29, 1.82) is 0 Å². The van der Waals surface area contributed by atoms with Crippen molar-refractivity contribution in [2.45, 2.75) is 0 Å². The molecule has 2 aromatic carbocycles. The SMILES string of the molecule is CNc1nc(-c2cncnc2)nc2c(OC)cc(-c3cc(F)cc(F)c3)cc12. The number of nitrogens with zero attached hydrogens (tertiary/aromatic N) is 4. The van der Waals surface area contributed by atoms with Gasteiger partial charge in [-0.3, -0.25) is 0 Å². The van der Waals surface area contributed by atoms with Crippen molar-refractivity contribution in [2.24, 2.45) is 0 Å². The summed E-state index contributed by atoms with van der Waals surface area (Å²) < 4.78 is 32.9. The highest BCUT2D eigenvalue weighted by Crippen LogP contribution is 2.36. The molecule has 28 heavy (non-hydrogen) atoms. The number of methoxy groups -OCH3 is 1. The maximum atomic E-state index is 13.7. The monoisotopic (exact) mass is 379 g/mol. The molecule has 4 rings (SSSR count). The highest BCUT2D eigenvalue weighted by atomic mass is 19.1. The molecular weight excluding hydrogens is 364 g/mol. The van der Waals surface area contributed by atoms with Crippen molar-refractivity contribution in [3.05, 3.63) is 60.7 Å². The Hall–Kier alpha value is -3.68. The second kappa shape index (κ2) is 7.15. The molecule has 0 aliphatic heterocycles. The van der Waals surface area contributed by atoms with E-state index >= 15 is 0 Å². The molecule has 2 heterocycles. The number of aromatic nitrogens is 4. The molecule has 0 atom stereocenters. The molecule has 0 radical (unpaired) electrons. The summed E-state index contributed by atoms with van der Waals surface area (Å²) in [6, 6.07) is 6.81. The van der Waals surface area contributed by atoms with Crippen LogP contribution in [-0.4, -0.2) is 34.1 Å². The van der Waals surface area contributed by atoms with E-state index in [0.29, 0.717) is 45.0 Å². The van der Waals surface area contributed by atoms with Gasteiger partial charge in [0, 0.05) is 30.9 Å². The Balaban J connectivity index is 1.98. The number of halogens is 2. The van der Waals surface area contributed by atoms with Crippen LogP contribution in [0, 0.1) is 11.6 Å². The number of hydrogen-bond acceptors (Lipinski definition) is 6. The molecule has 1 N–H and O–H groups in total. The third-order valence-corrected chi connectivity index (χ3v) is 4.24. The van der Waals surface area contributed by atoms with E-state index < -0.39 is 11.6 Å². The topological polar surface area (TPSA) is 72.8 Å². The van der Waals surface area contributed by atoms with Crippen LogP contribution in [0.25, 0.3) is 33.4 Å². The quantitative estimate of drug-likeness (QED) is 0.576. The number of hydrogen-bond donors (Lipinski definition) is 1. The Kier molecular flexibility index (Phi) is 4.52. The molecule has 0 spiro atoms. The molecule has 4 aromatic rings. The van der Waals surface area contributed by atoms with Gasteiger partial charge in [0.1, 0.15) is 35.0 Å². The van der Waals surface area contributed by atoms with Crippen molar-refractivity contribution < 1.29 is 13.5 Å². The van der Waals surface area contributed by atoms with Crippen LogP contribution in [0.5, 0.6) is 5.75 Å². The molecule has 140 valence electrons. The fourth-order valence-electron chi connectivity index (χ4n) is 2.98. The van der Waals surface area contributed by atoms with Crippen LogP contribution in [0.4, 0.5) is 14.6 Å². The summed E-state index contributed by atoms with van der Waals surface area (Å²) in [7, 11) is 3.24. The lowest BCUT2D eigenvalue weighted by molar-refractivity contribution is 0.419. The smallest absolute Gasteiger partial charge is 0.165 e. The molecule has 0 saturated carbocycles. The number of benzene rings is 2. The van der Waals surface area contributed by atoms with E-state index in [1.165, 1.54) is 25.6 Å². The van der Waals surface area contributed by atoms with Crippen LogP contribution in [0.3, 0.4) is 0 Å². The zero-order valence-corrected chi connectivity index (χ0v) is 15.1. The predicted octanol–water partition coefficient (Wildman–Crippen LogP) is 4.08. The molecule has 0 saturated heterocycles. The van der Waals surface area contributed by atoms with Crippen LogP contribution in [0.1, 0.15) is 0 Å². The summed E-state index contributed by atoms with van der Waals surface area (Å²) in [5.41, 5.74) is 2.18. The van der Waals surface area contributed by atoms with E-state index in [1.54, 1.807) is 31.6 Å². The first kappa shape index (κ1) is 17.7. The molecule has 0 amide bonds. The first-order valence-corrected chi connectivity index (χ1v) is 8.38. The summed E-state index contributed by atoms with van der Waals surface area (Å²) in [6.07, 6.45) is 4.66. The van der Waals surface area contributed by atoms with Crippen molar-refractivity contribution in [3.63, 3.8) is 0 Å². The minimum absolute atomic E-state index is 0.389. The molecule has 0 unspecified atom stereocenters. The zero-order valence-electron chi connectivity index (χ0n) is 15.1. The maximum absolute atomic E-state index is 13.7. The lowest BCUT2D eigenvalue weighted by Gasteiger charge is -2.13. The van der Waals surface area contributed by atoms with Crippen molar-refractivity contribution in [2.75, 3.05) is 19.5 Å². The molecule has 0 bridgehead atoms. The fraction of sp³-hybridized carbons (Fsp3) is 0.100. The molecule has 6 nitrogen and oxygen atoms in total. The molecule has 0 fully saturated rings. The number of ether oxygens (including phenoxy) is 1. The van der Waals surface area contributed by atoms with Gasteiger partial charge in [-0.15, -0.1) is 0 Å². The van der Waals surface area contributed by atoms with Gasteiger partial charge in [0.2, 0.25) is 0 Å². The van der Waals surface area contributed by atoms with Gasteiger partial charge in [-0.2, -0.15) is 0 Å². The lowest BCUT2D eigenvalue weighted by Crippen LogP contribution is -2.01. The minimum Gasteiger partial charge on any atom is -0.494 e. The van der Waals surface area contributed by atoms with E-state index in [9.17, 15) is 8.78 Å². The summed E-state index contributed by atoms with van der Waals surface area (Å²) >= 11 is 0. The normalized spacial score (nSPS) is 10.9. The largest absolute Gasteiger partial charge is 0.494 e. The van der Waals surface area contributed by atoms with Crippen molar-refractivity contribution in [3.8, 4) is 28.3 Å². The first-order valence-electron chi connectivity index (χ1n) is 8.38. The second-order valence-corrected chi connectivity index (χ2v) is 6.01. The zero-order chi connectivity index (χ0) is 19.7. The van der Waals surface area contributed by atoms with Crippen molar-refractivity contribution >= 4 is 16.7 Å². The van der Waals surface area contributed by atoms with E-state index in [2.05, 4.69) is 25.3 Å². The summed E-state index contributed by atoms with van der Waals surface area (Å²) in [6.45, 7) is 0. The van der Waals surface area contributed by atoms with Gasteiger partial charge in [0.25, 0.3) is 0 Å². The Morgan fingerprint density at radius 2 is 1.54 bits per heavy atom. The van der Waals surface area contributed by atoms with E-state index in [-0.39, 0.29) is 0 Å². The fourth-order valence-corrected chi connectivity index (χ4v) is 2.98. The summed E-state index contributed by atoms with van der Waals surface area (Å²) in [5, 5.41) is 3.69. The average molecular weight is 379 g/mol. The summed E-state index contributed by atoms with van der Waals surface area (Å²) in [4.78, 5) is 17.1. The third kappa shape index (κ3) is 3.20. The van der Waals surface area contributed by atoms with Gasteiger partial charge in [0.05, 0.1) is 12.7 Å². The highest BCUT2D eigenvalue weighted by Gasteiger charge is 2.16. The third-order valence-electron chi connectivity index (χ3n) is 4.24. The number of rotatable bonds is 4. The molecule has 8 heteroatoms. The van der Waals surface area contributed by atoms with E-state index in [0.717, 1.165) is 6.07 Å². The van der Waals surface area contributed by atoms with Gasteiger partial charge in [-0.25, -0.2) is 28.7 Å². The summed E-state index contributed by atoms with van der Waals surface area (Å²) in [5.74, 6) is 0.118. The number of nitrogens with one attached hydrogen (secondary N) is 1. The second-order valence-electron chi connectivity index (χ2n) is 6.01. The molecular formula is C20H15F2N5O. The average Bonchev–Trinajstić information content (AvgIpc) is 2.72. The van der Waals surface area contributed by atoms with Crippen LogP contribution < -0.4 is 10.1 Å². The van der Waals surface area contributed by atoms with Gasteiger partial charge in [0.15, 0.2) is 5.82 Å². The molecule has 0 aliphatic carbocycles. The van der Waals surface area contributed by atoms with E-state index in [4.69, 9.17) is 4.74 Å². The van der Waals surface area contributed by atoms with Gasteiger partial charge < -0.3 is 10.1 Å². The first-order chi connectivity index (χ1) is 13.6. The predicted molar refractivity (Wildman–Crippen MR) is 102 cm³/mol. The Labute approximate surface area is 159 Å². The Morgan fingerprint density at radius 1 is 0.857 bits per heavy atom. The van der Waals surface area contributed by atoms with Gasteiger partial charge >= 0.3 is 0 Å². The van der Waals surface area contributed by atoms with Gasteiger partial charge in [-0.1, -0.05) is 0 Å².